The van der Waals surface area contributed by atoms with Crippen LogP contribution >= 0.6 is 0 Å². The Morgan fingerprint density at radius 2 is 1.91 bits per heavy atom. The van der Waals surface area contributed by atoms with Gasteiger partial charge in [0.2, 0.25) is 5.91 Å². The summed E-state index contributed by atoms with van der Waals surface area (Å²) in [7, 11) is 1.53. The number of rotatable bonds is 5. The van der Waals surface area contributed by atoms with Crippen molar-refractivity contribution in [2.45, 2.75) is 38.0 Å². The normalized spacial score (nSPS) is 17.7. The third-order valence-electron chi connectivity index (χ3n) is 4.63. The molecule has 1 aliphatic carbocycles. The van der Waals surface area contributed by atoms with Gasteiger partial charge in [0.05, 0.1) is 11.3 Å². The van der Waals surface area contributed by atoms with Crippen molar-refractivity contribution in [1.82, 2.24) is 4.90 Å². The minimum Gasteiger partial charge on any atom is -0.481 e. The predicted octanol–water partition coefficient (Wildman–Crippen LogP) is 2.96. The number of aliphatic carboxylic acids is 1. The Balaban J connectivity index is 2.33. The molecule has 6 heteroatoms. The topological polar surface area (TPSA) is 57.6 Å². The number of amides is 1. The van der Waals surface area contributed by atoms with Crippen molar-refractivity contribution >= 4 is 11.9 Å². The molecule has 4 nitrogen and oxygen atoms in total. The number of benzene rings is 1. The lowest BCUT2D eigenvalue weighted by Gasteiger charge is -2.33. The average Bonchev–Trinajstić information content (AvgIpc) is 2.96. The molecule has 1 amide bonds. The lowest BCUT2D eigenvalue weighted by Crippen LogP contribution is -2.46. The number of likely N-dealkylation sites (N-methyl/N-ethyl adjacent to an activating group) is 1. The van der Waals surface area contributed by atoms with Gasteiger partial charge in [0.15, 0.2) is 0 Å². The Bertz CT molecular complexity index is 612. The van der Waals surface area contributed by atoms with Gasteiger partial charge in [-0.25, -0.2) is 8.78 Å². The number of hydrogen-bond donors (Lipinski definition) is 1. The van der Waals surface area contributed by atoms with E-state index in [4.69, 9.17) is 5.11 Å². The molecule has 0 radical (unpaired) electrons. The van der Waals surface area contributed by atoms with Crippen molar-refractivity contribution < 1.29 is 23.5 Å². The van der Waals surface area contributed by atoms with Gasteiger partial charge in [0, 0.05) is 25.2 Å². The second-order valence-electron chi connectivity index (χ2n) is 6.34. The van der Waals surface area contributed by atoms with E-state index in [0.29, 0.717) is 12.8 Å². The summed E-state index contributed by atoms with van der Waals surface area (Å²) in [5.74, 6) is -3.40. The fourth-order valence-corrected chi connectivity index (χ4v) is 3.39. The van der Waals surface area contributed by atoms with Gasteiger partial charge in [-0.05, 0) is 18.9 Å². The summed E-state index contributed by atoms with van der Waals surface area (Å²) < 4.78 is 27.4. The molecular formula is C17H21F2NO3. The smallest absolute Gasteiger partial charge is 0.308 e. The molecule has 0 heterocycles. The molecule has 1 saturated carbocycles. The van der Waals surface area contributed by atoms with E-state index in [-0.39, 0.29) is 18.0 Å². The van der Waals surface area contributed by atoms with Gasteiger partial charge in [-0.15, -0.1) is 0 Å². The van der Waals surface area contributed by atoms with E-state index < -0.39 is 28.9 Å². The van der Waals surface area contributed by atoms with Crippen LogP contribution in [0.5, 0.6) is 0 Å². The number of carboxylic acids is 1. The minimum absolute atomic E-state index is 0.0543. The van der Waals surface area contributed by atoms with Crippen LogP contribution in [0.4, 0.5) is 8.78 Å². The van der Waals surface area contributed by atoms with Crippen LogP contribution in [0, 0.1) is 17.6 Å². The summed E-state index contributed by atoms with van der Waals surface area (Å²) in [5.41, 5.74) is -0.818. The number of hydrogen-bond acceptors (Lipinski definition) is 2. The zero-order chi connectivity index (χ0) is 17.2. The van der Waals surface area contributed by atoms with Gasteiger partial charge in [-0.1, -0.05) is 25.8 Å². The van der Waals surface area contributed by atoms with Crippen molar-refractivity contribution in [3.63, 3.8) is 0 Å². The Kier molecular flexibility index (Phi) is 5.02. The summed E-state index contributed by atoms with van der Waals surface area (Å²) in [5, 5.41) is 8.99. The summed E-state index contributed by atoms with van der Waals surface area (Å²) in [6, 6.07) is 3.29. The Labute approximate surface area is 134 Å². The fourth-order valence-electron chi connectivity index (χ4n) is 3.39. The Hall–Kier alpha value is -1.98. The van der Waals surface area contributed by atoms with Crippen LogP contribution in [0.3, 0.4) is 0 Å². The summed E-state index contributed by atoms with van der Waals surface area (Å²) in [6.07, 6.45) is 2.54. The molecule has 0 saturated heterocycles. The molecule has 1 aromatic carbocycles. The molecular weight excluding hydrogens is 304 g/mol. The summed E-state index contributed by atoms with van der Waals surface area (Å²) in [6.45, 7) is 1.57. The number of carbonyl (C=O) groups excluding carboxylic acids is 1. The highest BCUT2D eigenvalue weighted by molar-refractivity contribution is 5.89. The van der Waals surface area contributed by atoms with Crippen LogP contribution in [-0.4, -0.2) is 35.5 Å². The van der Waals surface area contributed by atoms with Crippen LogP contribution in [0.15, 0.2) is 18.2 Å². The van der Waals surface area contributed by atoms with E-state index in [9.17, 15) is 18.4 Å². The first-order valence-corrected chi connectivity index (χ1v) is 7.72. The minimum atomic E-state index is -1.02. The lowest BCUT2D eigenvalue weighted by molar-refractivity contribution is -0.143. The van der Waals surface area contributed by atoms with Crippen molar-refractivity contribution in [3.8, 4) is 0 Å². The van der Waals surface area contributed by atoms with Gasteiger partial charge in [-0.3, -0.25) is 9.59 Å². The van der Waals surface area contributed by atoms with E-state index >= 15 is 0 Å². The third-order valence-corrected chi connectivity index (χ3v) is 4.63. The first-order chi connectivity index (χ1) is 10.8. The molecule has 0 aromatic heterocycles. The first kappa shape index (κ1) is 17.4. The van der Waals surface area contributed by atoms with Crippen molar-refractivity contribution in [3.05, 3.63) is 35.4 Å². The zero-order valence-corrected chi connectivity index (χ0v) is 13.3. The Morgan fingerprint density at radius 3 is 2.43 bits per heavy atom. The third kappa shape index (κ3) is 3.35. The molecule has 0 bridgehead atoms. The van der Waals surface area contributed by atoms with Crippen molar-refractivity contribution in [2.75, 3.05) is 13.6 Å². The first-order valence-electron chi connectivity index (χ1n) is 7.72. The molecule has 23 heavy (non-hydrogen) atoms. The standard InChI is InChI=1S/C17H21F2NO3/c1-11(15(21)22)10-20(2)16(23)17(7-3-4-8-17)13-6-5-12(18)9-14(13)19/h5-6,9,11H,3-4,7-8,10H2,1-2H3,(H,21,22). The SMILES string of the molecule is CC(CN(C)C(=O)C1(c2ccc(F)cc2F)CCCC1)C(=O)O. The highest BCUT2D eigenvalue weighted by Gasteiger charge is 2.46. The molecule has 1 aromatic rings. The zero-order valence-electron chi connectivity index (χ0n) is 13.3. The van der Waals surface area contributed by atoms with Crippen LogP contribution < -0.4 is 0 Å². The van der Waals surface area contributed by atoms with Crippen molar-refractivity contribution in [1.29, 1.82) is 0 Å². The highest BCUT2D eigenvalue weighted by atomic mass is 19.1. The molecule has 1 fully saturated rings. The largest absolute Gasteiger partial charge is 0.481 e. The molecule has 1 unspecified atom stereocenters. The molecule has 126 valence electrons. The number of carboxylic acid groups (broad SMARTS) is 1. The van der Waals surface area contributed by atoms with Crippen LogP contribution in [0.2, 0.25) is 0 Å². The van der Waals surface area contributed by atoms with E-state index in [1.165, 1.54) is 24.9 Å². The van der Waals surface area contributed by atoms with E-state index in [2.05, 4.69) is 0 Å². The van der Waals surface area contributed by atoms with Gasteiger partial charge < -0.3 is 10.0 Å². The number of halogens is 2. The van der Waals surface area contributed by atoms with E-state index in [0.717, 1.165) is 25.0 Å². The van der Waals surface area contributed by atoms with E-state index in [1.54, 1.807) is 0 Å². The van der Waals surface area contributed by atoms with Gasteiger partial charge in [0.1, 0.15) is 11.6 Å². The molecule has 1 aliphatic rings. The number of carbonyl (C=O) groups is 2. The maximum Gasteiger partial charge on any atom is 0.308 e. The summed E-state index contributed by atoms with van der Waals surface area (Å²) >= 11 is 0. The maximum absolute atomic E-state index is 14.3. The second kappa shape index (κ2) is 6.64. The summed E-state index contributed by atoms with van der Waals surface area (Å²) in [4.78, 5) is 25.3. The van der Waals surface area contributed by atoms with Crippen molar-refractivity contribution in [2.24, 2.45) is 5.92 Å². The average molecular weight is 325 g/mol. The molecule has 0 aliphatic heterocycles. The van der Waals surface area contributed by atoms with Crippen LogP contribution in [0.25, 0.3) is 0 Å². The molecule has 2 rings (SSSR count). The predicted molar refractivity (Wildman–Crippen MR) is 80.9 cm³/mol. The van der Waals surface area contributed by atoms with Crippen LogP contribution in [-0.2, 0) is 15.0 Å². The monoisotopic (exact) mass is 325 g/mol. The maximum atomic E-state index is 14.3. The number of nitrogens with zero attached hydrogens (tertiary/aromatic N) is 1. The fraction of sp³-hybridized carbons (Fsp3) is 0.529. The molecule has 0 spiro atoms. The van der Waals surface area contributed by atoms with Gasteiger partial charge in [0.25, 0.3) is 0 Å². The Morgan fingerprint density at radius 1 is 1.30 bits per heavy atom. The van der Waals surface area contributed by atoms with Gasteiger partial charge in [-0.2, -0.15) is 0 Å². The van der Waals surface area contributed by atoms with E-state index in [1.807, 2.05) is 0 Å². The highest BCUT2D eigenvalue weighted by Crippen LogP contribution is 2.43. The molecule has 1 N–H and O–H groups in total. The lowest BCUT2D eigenvalue weighted by atomic mass is 9.77. The quantitative estimate of drug-likeness (QED) is 0.905. The van der Waals surface area contributed by atoms with Crippen LogP contribution in [0.1, 0.15) is 38.2 Å². The second-order valence-corrected chi connectivity index (χ2v) is 6.34. The molecule has 1 atom stereocenters. The van der Waals surface area contributed by atoms with Gasteiger partial charge >= 0.3 is 5.97 Å².